The van der Waals surface area contributed by atoms with Crippen molar-refractivity contribution in [2.75, 3.05) is 57.0 Å². The lowest BCUT2D eigenvalue weighted by molar-refractivity contribution is 0.0999. The van der Waals surface area contributed by atoms with Crippen molar-refractivity contribution in [3.63, 3.8) is 0 Å². The number of allylic oxidation sites excluding steroid dienone is 2. The SMILES string of the molecule is C=Nc1cc(C=O)cc(OC)c1N(C/C=C/Cn1c(NC)nc2cc(C(N)=O)cc(OC/C=C/Cn3ncc4cc(N)ccc43)c21)CNC. The Morgan fingerprint density at radius 2 is 1.90 bits per heavy atom. The number of fused-ring (bicyclic) bond motifs is 2. The summed E-state index contributed by atoms with van der Waals surface area (Å²) in [6.07, 6.45) is 10.4. The Kier molecular flexibility index (Phi) is 10.9. The third-order valence-corrected chi connectivity index (χ3v) is 7.81. The van der Waals surface area contributed by atoms with Crippen LogP contribution in [0.1, 0.15) is 20.7 Å². The lowest BCUT2D eigenvalue weighted by Crippen LogP contribution is -2.32. The summed E-state index contributed by atoms with van der Waals surface area (Å²) >= 11 is 0. The molecule has 5 aromatic rings. The summed E-state index contributed by atoms with van der Waals surface area (Å²) in [6, 6.07) is 12.3. The summed E-state index contributed by atoms with van der Waals surface area (Å²) in [5.74, 6) is 0.989. The van der Waals surface area contributed by atoms with Gasteiger partial charge >= 0.3 is 0 Å². The van der Waals surface area contributed by atoms with Crippen molar-refractivity contribution in [3.05, 3.63) is 84.1 Å². The zero-order valence-corrected chi connectivity index (χ0v) is 27.7. The van der Waals surface area contributed by atoms with Gasteiger partial charge in [0, 0.05) is 42.3 Å². The number of aromatic nitrogens is 4. The van der Waals surface area contributed by atoms with Crippen molar-refractivity contribution >= 4 is 63.9 Å². The van der Waals surface area contributed by atoms with E-state index in [1.807, 2.05) is 63.7 Å². The molecule has 2 aromatic heterocycles. The van der Waals surface area contributed by atoms with E-state index in [1.54, 1.807) is 44.6 Å². The number of nitrogens with zero attached hydrogens (tertiary/aromatic N) is 6. The predicted molar refractivity (Wildman–Crippen MR) is 195 cm³/mol. The Bertz CT molecular complexity index is 2050. The lowest BCUT2D eigenvalue weighted by Gasteiger charge is -2.26. The van der Waals surface area contributed by atoms with Gasteiger partial charge in [0.1, 0.15) is 35.6 Å². The lowest BCUT2D eigenvalue weighted by atomic mass is 10.1. The number of carbonyl (C=O) groups is 2. The number of aldehydes is 1. The summed E-state index contributed by atoms with van der Waals surface area (Å²) in [4.78, 5) is 34.5. The molecule has 5 rings (SSSR count). The van der Waals surface area contributed by atoms with Gasteiger partial charge in [-0.05, 0) is 62.3 Å². The van der Waals surface area contributed by atoms with Gasteiger partial charge in [0.25, 0.3) is 0 Å². The molecule has 0 aliphatic heterocycles. The first-order chi connectivity index (χ1) is 23.8. The normalized spacial score (nSPS) is 11.5. The zero-order valence-electron chi connectivity index (χ0n) is 27.7. The monoisotopic (exact) mass is 664 g/mol. The van der Waals surface area contributed by atoms with E-state index in [2.05, 4.69) is 27.4 Å². The molecule has 0 aliphatic rings. The Labute approximate surface area is 283 Å². The number of imidazole rings is 1. The maximum Gasteiger partial charge on any atom is 0.248 e. The number of rotatable bonds is 17. The van der Waals surface area contributed by atoms with Crippen LogP contribution in [-0.4, -0.2) is 79.3 Å². The molecule has 0 saturated carbocycles. The van der Waals surface area contributed by atoms with Crippen LogP contribution in [0.5, 0.6) is 11.5 Å². The molecule has 254 valence electrons. The van der Waals surface area contributed by atoms with E-state index in [0.717, 1.165) is 17.2 Å². The first kappa shape index (κ1) is 34.2. The summed E-state index contributed by atoms with van der Waals surface area (Å²) in [5, 5.41) is 11.7. The Hall–Kier alpha value is -6.15. The Balaban J connectivity index is 1.37. The molecule has 2 heterocycles. The van der Waals surface area contributed by atoms with E-state index >= 15 is 0 Å². The topological polar surface area (TPSA) is 180 Å². The molecule has 14 nitrogen and oxygen atoms in total. The van der Waals surface area contributed by atoms with Gasteiger partial charge in [0.15, 0.2) is 0 Å². The fourth-order valence-electron chi connectivity index (χ4n) is 5.57. The van der Waals surface area contributed by atoms with Crippen LogP contribution in [0.25, 0.3) is 21.9 Å². The fourth-order valence-corrected chi connectivity index (χ4v) is 5.57. The van der Waals surface area contributed by atoms with E-state index in [4.69, 9.17) is 25.9 Å². The second-order valence-corrected chi connectivity index (χ2v) is 11.0. The quantitative estimate of drug-likeness (QED) is 0.0371. The highest BCUT2D eigenvalue weighted by molar-refractivity contribution is 5.99. The molecule has 3 aromatic carbocycles. The van der Waals surface area contributed by atoms with Crippen LogP contribution in [0.3, 0.4) is 0 Å². The van der Waals surface area contributed by atoms with Crippen molar-refractivity contribution in [1.82, 2.24) is 24.6 Å². The van der Waals surface area contributed by atoms with Gasteiger partial charge in [-0.2, -0.15) is 5.10 Å². The summed E-state index contributed by atoms with van der Waals surface area (Å²) < 4.78 is 15.7. The largest absolute Gasteiger partial charge is 0.494 e. The van der Waals surface area contributed by atoms with Crippen molar-refractivity contribution < 1.29 is 19.1 Å². The van der Waals surface area contributed by atoms with Crippen LogP contribution in [0.15, 0.2) is 78.0 Å². The van der Waals surface area contributed by atoms with Crippen molar-refractivity contribution in [1.29, 1.82) is 0 Å². The number of aliphatic imine (C=N–C) groups is 1. The number of methoxy groups -OCH3 is 1. The molecule has 0 saturated heterocycles. The molecule has 0 bridgehead atoms. The number of nitrogens with two attached hydrogens (primary N) is 2. The van der Waals surface area contributed by atoms with Gasteiger partial charge in [-0.3, -0.25) is 19.3 Å². The smallest absolute Gasteiger partial charge is 0.248 e. The number of nitrogen functional groups attached to an aromatic ring is 1. The van der Waals surface area contributed by atoms with Gasteiger partial charge in [0.2, 0.25) is 11.9 Å². The van der Waals surface area contributed by atoms with Crippen LogP contribution < -0.4 is 36.5 Å². The highest BCUT2D eigenvalue weighted by Gasteiger charge is 2.19. The minimum Gasteiger partial charge on any atom is -0.494 e. The van der Waals surface area contributed by atoms with Crippen molar-refractivity contribution in [3.8, 4) is 11.5 Å². The molecule has 14 heteroatoms. The van der Waals surface area contributed by atoms with E-state index in [1.165, 1.54) is 0 Å². The number of nitrogens with one attached hydrogen (secondary N) is 2. The van der Waals surface area contributed by atoms with Crippen LogP contribution in [0.2, 0.25) is 0 Å². The molecule has 6 N–H and O–H groups in total. The third-order valence-electron chi connectivity index (χ3n) is 7.81. The van der Waals surface area contributed by atoms with Crippen LogP contribution >= 0.6 is 0 Å². The first-order valence-corrected chi connectivity index (χ1v) is 15.5. The molecule has 0 fully saturated rings. The predicted octanol–water partition coefficient (Wildman–Crippen LogP) is 4.14. The average molecular weight is 665 g/mol. The number of benzene rings is 3. The number of hydrogen-bond donors (Lipinski definition) is 4. The van der Waals surface area contributed by atoms with Crippen molar-refractivity contribution in [2.24, 2.45) is 10.7 Å². The molecule has 0 spiro atoms. The number of carbonyl (C=O) groups excluding carboxylic acids is 2. The minimum atomic E-state index is -0.580. The standard InChI is InChI=1S/C35H40N10O4/c1-38-22-43(32-27(39-2)15-23(21-46)16-30(32)48-4)11-5-6-12-44-33-28(42-35(44)40-3)18-24(34(37)47)19-31(33)49-14-8-7-13-45-29-10-9-26(36)17-25(29)20-41-45/h5-10,15-21,38H,2,11-14,22,36H2,1,3-4H3,(H2,37,47)(H,40,42)/b6-5+,8-7+. The van der Waals surface area contributed by atoms with Crippen LogP contribution in [0, 0.1) is 0 Å². The Morgan fingerprint density at radius 3 is 2.61 bits per heavy atom. The highest BCUT2D eigenvalue weighted by Crippen LogP contribution is 2.39. The van der Waals surface area contributed by atoms with Crippen LogP contribution in [0.4, 0.5) is 23.0 Å². The first-order valence-electron chi connectivity index (χ1n) is 15.5. The zero-order chi connectivity index (χ0) is 34.9. The summed E-state index contributed by atoms with van der Waals surface area (Å²) in [7, 11) is 5.17. The molecular formula is C35H40N10O4. The third kappa shape index (κ3) is 7.55. The minimum absolute atomic E-state index is 0.239. The number of anilines is 3. The highest BCUT2D eigenvalue weighted by atomic mass is 16.5. The molecular weight excluding hydrogens is 624 g/mol. The maximum atomic E-state index is 12.2. The van der Waals surface area contributed by atoms with Gasteiger partial charge in [-0.25, -0.2) is 4.98 Å². The van der Waals surface area contributed by atoms with E-state index < -0.39 is 5.91 Å². The second-order valence-electron chi connectivity index (χ2n) is 11.0. The fraction of sp³-hybridized carbons (Fsp3) is 0.229. The van der Waals surface area contributed by atoms with Gasteiger partial charge in [-0.1, -0.05) is 18.2 Å². The molecule has 0 unspecified atom stereocenters. The summed E-state index contributed by atoms with van der Waals surface area (Å²) in [5.41, 5.74) is 16.5. The Morgan fingerprint density at radius 1 is 1.08 bits per heavy atom. The number of amides is 1. The van der Waals surface area contributed by atoms with Gasteiger partial charge < -0.3 is 41.0 Å². The number of hydrogen-bond acceptors (Lipinski definition) is 11. The number of ether oxygens (including phenoxy) is 2. The molecule has 49 heavy (non-hydrogen) atoms. The summed E-state index contributed by atoms with van der Waals surface area (Å²) in [6.45, 7) is 5.87. The molecule has 1 amide bonds. The van der Waals surface area contributed by atoms with Crippen LogP contribution in [-0.2, 0) is 13.1 Å². The molecule has 0 aliphatic carbocycles. The van der Waals surface area contributed by atoms with E-state index in [-0.39, 0.29) is 6.61 Å². The van der Waals surface area contributed by atoms with Gasteiger partial charge in [0.05, 0.1) is 43.2 Å². The van der Waals surface area contributed by atoms with Gasteiger partial charge in [-0.15, -0.1) is 0 Å². The molecule has 0 radical (unpaired) electrons. The van der Waals surface area contributed by atoms with E-state index in [9.17, 15) is 9.59 Å². The molecule has 0 atom stereocenters. The number of primary amides is 1. The average Bonchev–Trinajstić information content (AvgIpc) is 3.68. The van der Waals surface area contributed by atoms with E-state index in [0.29, 0.717) is 83.0 Å². The van der Waals surface area contributed by atoms with Crippen molar-refractivity contribution in [2.45, 2.75) is 13.1 Å². The second kappa shape index (κ2) is 15.6. The maximum absolute atomic E-state index is 12.2.